The highest BCUT2D eigenvalue weighted by Crippen LogP contribution is 2.05. The smallest absolute Gasteiger partial charge is 0.254 e. The fourth-order valence-corrected chi connectivity index (χ4v) is 1.85. The number of carbonyl (C=O) groups excluding carboxylic acids is 1. The largest absolute Gasteiger partial charge is 0.354 e. The Morgan fingerprint density at radius 2 is 1.82 bits per heavy atom. The van der Waals surface area contributed by atoms with E-state index in [-0.39, 0.29) is 11.7 Å². The van der Waals surface area contributed by atoms with Gasteiger partial charge in [0.1, 0.15) is 5.82 Å². The summed E-state index contributed by atoms with van der Waals surface area (Å²) in [4.78, 5) is 19.9. The monoisotopic (exact) mass is 302 g/mol. The van der Waals surface area contributed by atoms with E-state index in [0.717, 1.165) is 18.4 Å². The fraction of sp³-hybridized carbons (Fsp3) is 0.312. The Morgan fingerprint density at radius 1 is 1.14 bits per heavy atom. The summed E-state index contributed by atoms with van der Waals surface area (Å²) in [5, 5.41) is 5.84. The lowest BCUT2D eigenvalue weighted by Gasteiger charge is -2.06. The minimum absolute atomic E-state index is 0.167. The number of amides is 1. The number of hydrogen-bond acceptors (Lipinski definition) is 4. The number of rotatable bonds is 7. The van der Waals surface area contributed by atoms with Crippen LogP contribution < -0.4 is 10.6 Å². The molecule has 0 saturated heterocycles. The Morgan fingerprint density at radius 3 is 2.45 bits per heavy atom. The van der Waals surface area contributed by atoms with Crippen LogP contribution in [0, 0.1) is 5.82 Å². The van der Waals surface area contributed by atoms with Crippen LogP contribution in [0.1, 0.15) is 29.3 Å². The Labute approximate surface area is 129 Å². The second-order valence-electron chi connectivity index (χ2n) is 4.85. The van der Waals surface area contributed by atoms with Crippen LogP contribution in [0.15, 0.2) is 36.7 Å². The number of halogens is 1. The molecule has 0 aliphatic carbocycles. The number of hydrogen-bond donors (Lipinski definition) is 2. The van der Waals surface area contributed by atoms with Crippen molar-refractivity contribution in [1.82, 2.24) is 15.3 Å². The Balaban J connectivity index is 1.81. The van der Waals surface area contributed by atoms with Gasteiger partial charge in [-0.2, -0.15) is 0 Å². The van der Waals surface area contributed by atoms with Crippen molar-refractivity contribution in [2.45, 2.75) is 19.8 Å². The van der Waals surface area contributed by atoms with E-state index in [4.69, 9.17) is 0 Å². The summed E-state index contributed by atoms with van der Waals surface area (Å²) in [5.74, 6) is 0.0610. The maximum absolute atomic E-state index is 12.8. The van der Waals surface area contributed by atoms with Gasteiger partial charge in [-0.25, -0.2) is 14.4 Å². The van der Waals surface area contributed by atoms with E-state index < -0.39 is 0 Å². The number of nitrogens with one attached hydrogen (secondary N) is 2. The molecule has 0 aliphatic rings. The summed E-state index contributed by atoms with van der Waals surface area (Å²) >= 11 is 0. The summed E-state index contributed by atoms with van der Waals surface area (Å²) in [6, 6.07) is 6.38. The number of aromatic nitrogens is 2. The van der Waals surface area contributed by atoms with E-state index in [9.17, 15) is 9.18 Å². The summed E-state index contributed by atoms with van der Waals surface area (Å²) in [7, 11) is 0. The van der Waals surface area contributed by atoms with Gasteiger partial charge in [0.05, 0.1) is 5.56 Å². The average Bonchev–Trinajstić information content (AvgIpc) is 2.55. The lowest BCUT2D eigenvalue weighted by atomic mass is 10.1. The molecule has 0 fully saturated rings. The van der Waals surface area contributed by atoms with Gasteiger partial charge in [0, 0.05) is 25.5 Å². The molecule has 6 heteroatoms. The average molecular weight is 302 g/mol. The van der Waals surface area contributed by atoms with Crippen LogP contribution in [-0.2, 0) is 6.42 Å². The zero-order chi connectivity index (χ0) is 15.8. The first-order valence-corrected chi connectivity index (χ1v) is 7.27. The predicted molar refractivity (Wildman–Crippen MR) is 83.2 cm³/mol. The van der Waals surface area contributed by atoms with Crippen LogP contribution in [0.2, 0.25) is 0 Å². The SMILES string of the molecule is CCCNC(=O)c1cnc(NCCc2ccc(F)cc2)nc1. The van der Waals surface area contributed by atoms with Gasteiger partial charge in [-0.3, -0.25) is 4.79 Å². The van der Waals surface area contributed by atoms with E-state index in [1.54, 1.807) is 12.1 Å². The molecule has 1 aromatic carbocycles. The van der Waals surface area contributed by atoms with Crippen LogP contribution in [0.4, 0.5) is 10.3 Å². The van der Waals surface area contributed by atoms with E-state index in [2.05, 4.69) is 20.6 Å². The highest BCUT2D eigenvalue weighted by atomic mass is 19.1. The number of anilines is 1. The van der Waals surface area contributed by atoms with Crippen molar-refractivity contribution >= 4 is 11.9 Å². The number of nitrogens with zero attached hydrogens (tertiary/aromatic N) is 2. The summed E-state index contributed by atoms with van der Waals surface area (Å²) in [5.41, 5.74) is 1.47. The van der Waals surface area contributed by atoms with Gasteiger partial charge >= 0.3 is 0 Å². The van der Waals surface area contributed by atoms with Crippen molar-refractivity contribution in [3.05, 3.63) is 53.6 Å². The molecule has 0 saturated carbocycles. The highest BCUT2D eigenvalue weighted by Gasteiger charge is 2.05. The molecule has 5 nitrogen and oxygen atoms in total. The van der Waals surface area contributed by atoms with Gasteiger partial charge in [-0.05, 0) is 30.5 Å². The van der Waals surface area contributed by atoms with Crippen molar-refractivity contribution < 1.29 is 9.18 Å². The standard InChI is InChI=1S/C16H19FN4O/c1-2-8-18-15(22)13-10-20-16(21-11-13)19-9-7-12-3-5-14(17)6-4-12/h3-6,10-11H,2,7-9H2,1H3,(H,18,22)(H,19,20,21). The molecule has 0 radical (unpaired) electrons. The van der Waals surface area contributed by atoms with Crippen molar-refractivity contribution in [3.8, 4) is 0 Å². The van der Waals surface area contributed by atoms with Crippen molar-refractivity contribution in [2.75, 3.05) is 18.4 Å². The molecule has 0 atom stereocenters. The molecule has 0 unspecified atom stereocenters. The first-order valence-electron chi connectivity index (χ1n) is 7.27. The zero-order valence-corrected chi connectivity index (χ0v) is 12.5. The summed E-state index contributed by atoms with van der Waals surface area (Å²) in [6.45, 7) is 3.26. The molecule has 0 bridgehead atoms. The third kappa shape index (κ3) is 4.80. The number of benzene rings is 1. The first-order chi connectivity index (χ1) is 10.7. The molecule has 116 valence electrons. The van der Waals surface area contributed by atoms with Crippen LogP contribution >= 0.6 is 0 Å². The topological polar surface area (TPSA) is 66.9 Å². The molecular weight excluding hydrogens is 283 g/mol. The summed E-state index contributed by atoms with van der Waals surface area (Å²) < 4.78 is 12.8. The summed E-state index contributed by atoms with van der Waals surface area (Å²) in [6.07, 6.45) is 4.62. The van der Waals surface area contributed by atoms with Gasteiger partial charge in [-0.15, -0.1) is 0 Å². The number of carbonyl (C=O) groups is 1. The lowest BCUT2D eigenvalue weighted by Crippen LogP contribution is -2.24. The maximum Gasteiger partial charge on any atom is 0.254 e. The molecule has 0 spiro atoms. The van der Waals surface area contributed by atoms with E-state index >= 15 is 0 Å². The van der Waals surface area contributed by atoms with Gasteiger partial charge in [-0.1, -0.05) is 19.1 Å². The fourth-order valence-electron chi connectivity index (χ4n) is 1.85. The molecule has 2 aromatic rings. The van der Waals surface area contributed by atoms with Crippen LogP contribution in [-0.4, -0.2) is 29.0 Å². The third-order valence-corrected chi connectivity index (χ3v) is 3.06. The minimum atomic E-state index is -0.239. The predicted octanol–water partition coefficient (Wildman–Crippen LogP) is 2.41. The van der Waals surface area contributed by atoms with Gasteiger partial charge in [0.25, 0.3) is 5.91 Å². The van der Waals surface area contributed by atoms with Gasteiger partial charge < -0.3 is 10.6 Å². The second-order valence-corrected chi connectivity index (χ2v) is 4.85. The van der Waals surface area contributed by atoms with E-state index in [1.807, 2.05) is 6.92 Å². The second kappa shape index (κ2) is 8.07. The Hall–Kier alpha value is -2.50. The Kier molecular flexibility index (Phi) is 5.82. The lowest BCUT2D eigenvalue weighted by molar-refractivity contribution is 0.0953. The Bertz CT molecular complexity index is 599. The van der Waals surface area contributed by atoms with Gasteiger partial charge in [0.2, 0.25) is 5.95 Å². The van der Waals surface area contributed by atoms with Crippen molar-refractivity contribution in [3.63, 3.8) is 0 Å². The molecule has 1 aromatic heterocycles. The maximum atomic E-state index is 12.8. The van der Waals surface area contributed by atoms with E-state index in [1.165, 1.54) is 24.5 Å². The zero-order valence-electron chi connectivity index (χ0n) is 12.5. The molecule has 2 rings (SSSR count). The quantitative estimate of drug-likeness (QED) is 0.824. The van der Waals surface area contributed by atoms with Crippen molar-refractivity contribution in [1.29, 1.82) is 0 Å². The van der Waals surface area contributed by atoms with Gasteiger partial charge in [0.15, 0.2) is 0 Å². The molecule has 0 aliphatic heterocycles. The van der Waals surface area contributed by atoms with Crippen molar-refractivity contribution in [2.24, 2.45) is 0 Å². The molecule has 1 amide bonds. The van der Waals surface area contributed by atoms with Crippen LogP contribution in [0.5, 0.6) is 0 Å². The third-order valence-electron chi connectivity index (χ3n) is 3.06. The minimum Gasteiger partial charge on any atom is -0.354 e. The molecular formula is C16H19FN4O. The molecule has 1 heterocycles. The van der Waals surface area contributed by atoms with Crippen LogP contribution in [0.3, 0.4) is 0 Å². The highest BCUT2D eigenvalue weighted by molar-refractivity contribution is 5.93. The normalized spacial score (nSPS) is 10.3. The first kappa shape index (κ1) is 15.9. The molecule has 22 heavy (non-hydrogen) atoms. The van der Waals surface area contributed by atoms with E-state index in [0.29, 0.717) is 24.6 Å². The van der Waals surface area contributed by atoms with Crippen LogP contribution in [0.25, 0.3) is 0 Å². The molecule has 2 N–H and O–H groups in total.